The van der Waals surface area contributed by atoms with Crippen LogP contribution in [-0.4, -0.2) is 14.4 Å². The molecule has 29 heavy (non-hydrogen) atoms. The van der Waals surface area contributed by atoms with Crippen molar-refractivity contribution in [2.75, 3.05) is 0 Å². The van der Waals surface area contributed by atoms with Crippen LogP contribution in [-0.2, 0) is 5.75 Å². The molecule has 0 spiro atoms. The minimum atomic E-state index is -0.0748. The number of oxazole rings is 1. The molecule has 0 saturated heterocycles. The van der Waals surface area contributed by atoms with E-state index < -0.39 is 0 Å². The molecule has 0 aliphatic rings. The predicted molar refractivity (Wildman–Crippen MR) is 116 cm³/mol. The van der Waals surface area contributed by atoms with Crippen LogP contribution in [0.1, 0.15) is 5.69 Å². The minimum Gasteiger partial charge on any atom is -0.431 e. The summed E-state index contributed by atoms with van der Waals surface area (Å²) in [7, 11) is 0. The lowest BCUT2D eigenvalue weighted by molar-refractivity contribution is 0.466. The molecule has 5 rings (SSSR count). The smallest absolute Gasteiger partial charge is 0.258 e. The fraction of sp³-hybridized carbons (Fsp3) is 0.0455. The van der Waals surface area contributed by atoms with Crippen LogP contribution in [0.25, 0.3) is 27.5 Å². The Morgan fingerprint density at radius 2 is 1.69 bits per heavy atom. The molecule has 0 aliphatic carbocycles. The predicted octanol–water partition coefficient (Wildman–Crippen LogP) is 5.37. The van der Waals surface area contributed by atoms with Gasteiger partial charge in [0.25, 0.3) is 10.8 Å². The molecular formula is C22H15N3O2S2. The molecule has 5 aromatic rings. The molecule has 5 nitrogen and oxygen atoms in total. The van der Waals surface area contributed by atoms with Gasteiger partial charge in [-0.1, -0.05) is 72.4 Å². The molecule has 0 bridgehead atoms. The molecule has 0 saturated carbocycles. The average molecular weight is 418 g/mol. The van der Waals surface area contributed by atoms with Crippen LogP contribution >= 0.6 is 23.1 Å². The third kappa shape index (κ3) is 3.62. The first-order valence-electron chi connectivity index (χ1n) is 8.98. The minimum absolute atomic E-state index is 0.0748. The monoisotopic (exact) mass is 417 g/mol. The maximum atomic E-state index is 12.2. The van der Waals surface area contributed by atoms with Gasteiger partial charge in [-0.2, -0.15) is 0 Å². The van der Waals surface area contributed by atoms with Gasteiger partial charge in [-0.25, -0.2) is 9.97 Å². The Morgan fingerprint density at radius 3 is 2.45 bits per heavy atom. The Kier molecular flexibility index (Phi) is 4.75. The number of aromatic nitrogens is 3. The quantitative estimate of drug-likeness (QED) is 0.360. The molecule has 3 aromatic heterocycles. The van der Waals surface area contributed by atoms with E-state index in [-0.39, 0.29) is 5.56 Å². The van der Waals surface area contributed by atoms with Crippen molar-refractivity contribution in [3.63, 3.8) is 0 Å². The molecule has 0 fully saturated rings. The van der Waals surface area contributed by atoms with Gasteiger partial charge in [0.15, 0.2) is 10.7 Å². The lowest BCUT2D eigenvalue weighted by atomic mass is 10.1. The van der Waals surface area contributed by atoms with E-state index in [9.17, 15) is 4.79 Å². The second kappa shape index (κ2) is 7.69. The van der Waals surface area contributed by atoms with Crippen LogP contribution in [0.5, 0.6) is 0 Å². The van der Waals surface area contributed by atoms with Gasteiger partial charge in [-0.15, -0.1) is 11.3 Å². The van der Waals surface area contributed by atoms with Crippen LogP contribution < -0.4 is 5.56 Å². The first kappa shape index (κ1) is 17.9. The maximum absolute atomic E-state index is 12.2. The van der Waals surface area contributed by atoms with Crippen molar-refractivity contribution in [1.82, 2.24) is 14.4 Å². The lowest BCUT2D eigenvalue weighted by Crippen LogP contribution is -2.12. The summed E-state index contributed by atoms with van der Waals surface area (Å²) in [6.07, 6.45) is 1.73. The van der Waals surface area contributed by atoms with Crippen LogP contribution in [0.3, 0.4) is 0 Å². The molecule has 2 aromatic carbocycles. The maximum Gasteiger partial charge on any atom is 0.258 e. The zero-order valence-corrected chi connectivity index (χ0v) is 16.8. The fourth-order valence-corrected chi connectivity index (χ4v) is 4.49. The van der Waals surface area contributed by atoms with Gasteiger partial charge in [0.1, 0.15) is 5.69 Å². The molecule has 7 heteroatoms. The van der Waals surface area contributed by atoms with Crippen molar-refractivity contribution in [2.45, 2.75) is 11.0 Å². The normalized spacial score (nSPS) is 11.2. The molecule has 142 valence electrons. The number of rotatable bonds is 5. The van der Waals surface area contributed by atoms with E-state index in [1.807, 2.05) is 66.0 Å². The Balaban J connectivity index is 1.48. The van der Waals surface area contributed by atoms with Crippen LogP contribution in [0.4, 0.5) is 0 Å². The van der Waals surface area contributed by atoms with E-state index in [4.69, 9.17) is 9.40 Å². The van der Waals surface area contributed by atoms with Crippen molar-refractivity contribution < 1.29 is 4.42 Å². The van der Waals surface area contributed by atoms with Crippen molar-refractivity contribution in [2.24, 2.45) is 0 Å². The summed E-state index contributed by atoms with van der Waals surface area (Å²) in [5.41, 5.74) is 3.42. The number of hydrogen-bond donors (Lipinski definition) is 0. The highest BCUT2D eigenvalue weighted by molar-refractivity contribution is 7.98. The SMILES string of the molecule is O=c1cc(CSc2nc(-c3ccccc3)c(-c3ccccc3)o2)nc2sccn12. The van der Waals surface area contributed by atoms with E-state index in [0.29, 0.717) is 21.6 Å². The van der Waals surface area contributed by atoms with Crippen molar-refractivity contribution >= 4 is 28.1 Å². The van der Waals surface area contributed by atoms with Crippen molar-refractivity contribution in [3.05, 3.63) is 94.4 Å². The summed E-state index contributed by atoms with van der Waals surface area (Å²) in [6.45, 7) is 0. The zero-order valence-electron chi connectivity index (χ0n) is 15.2. The van der Waals surface area contributed by atoms with Gasteiger partial charge in [0, 0.05) is 34.5 Å². The van der Waals surface area contributed by atoms with Gasteiger partial charge in [-0.3, -0.25) is 9.20 Å². The highest BCUT2D eigenvalue weighted by Crippen LogP contribution is 2.36. The third-order valence-corrected chi connectivity index (χ3v) is 6.01. The lowest BCUT2D eigenvalue weighted by Gasteiger charge is -2.00. The Hall–Kier alpha value is -3.16. The Bertz CT molecular complexity index is 1270. The highest BCUT2D eigenvalue weighted by Gasteiger charge is 2.17. The largest absolute Gasteiger partial charge is 0.431 e. The number of nitrogens with zero attached hydrogens (tertiary/aromatic N) is 3. The first-order valence-corrected chi connectivity index (χ1v) is 10.8. The van der Waals surface area contributed by atoms with E-state index in [1.165, 1.54) is 23.1 Å². The van der Waals surface area contributed by atoms with E-state index in [0.717, 1.165) is 22.6 Å². The highest BCUT2D eigenvalue weighted by atomic mass is 32.2. The molecule has 0 N–H and O–H groups in total. The van der Waals surface area contributed by atoms with Gasteiger partial charge in [-0.05, 0) is 0 Å². The Labute approximate surface area is 174 Å². The fourth-order valence-electron chi connectivity index (χ4n) is 3.04. The van der Waals surface area contributed by atoms with E-state index >= 15 is 0 Å². The number of fused-ring (bicyclic) bond motifs is 1. The van der Waals surface area contributed by atoms with Gasteiger partial charge < -0.3 is 4.42 Å². The summed E-state index contributed by atoms with van der Waals surface area (Å²) in [5, 5.41) is 2.41. The number of thioether (sulfide) groups is 1. The number of thiazole rings is 1. The van der Waals surface area contributed by atoms with Gasteiger partial charge in [0.2, 0.25) is 0 Å². The second-order valence-electron chi connectivity index (χ2n) is 6.32. The second-order valence-corrected chi connectivity index (χ2v) is 8.12. The molecule has 0 unspecified atom stereocenters. The van der Waals surface area contributed by atoms with Crippen molar-refractivity contribution in [1.29, 1.82) is 0 Å². The summed E-state index contributed by atoms with van der Waals surface area (Å²) >= 11 is 2.88. The van der Waals surface area contributed by atoms with Gasteiger partial charge in [0.05, 0.1) is 5.69 Å². The number of benzene rings is 2. The van der Waals surface area contributed by atoms with Crippen LogP contribution in [0, 0.1) is 0 Å². The van der Waals surface area contributed by atoms with Gasteiger partial charge >= 0.3 is 0 Å². The topological polar surface area (TPSA) is 60.4 Å². The summed E-state index contributed by atoms with van der Waals surface area (Å²) in [6, 6.07) is 21.5. The van der Waals surface area contributed by atoms with Crippen LogP contribution in [0.2, 0.25) is 0 Å². The van der Waals surface area contributed by atoms with E-state index in [2.05, 4.69) is 4.98 Å². The third-order valence-electron chi connectivity index (χ3n) is 4.39. The van der Waals surface area contributed by atoms with Crippen molar-refractivity contribution in [3.8, 4) is 22.6 Å². The van der Waals surface area contributed by atoms with E-state index in [1.54, 1.807) is 16.7 Å². The molecule has 3 heterocycles. The molecule has 0 aliphatic heterocycles. The molecule has 0 amide bonds. The molecule has 0 radical (unpaired) electrons. The summed E-state index contributed by atoms with van der Waals surface area (Å²) in [4.78, 5) is 22.2. The average Bonchev–Trinajstić information content (AvgIpc) is 3.41. The summed E-state index contributed by atoms with van der Waals surface area (Å²) < 4.78 is 7.67. The standard InChI is InChI=1S/C22H15N3O2S2/c26-18-13-17(23-21-25(18)11-12-28-21)14-29-22-24-19(15-7-3-1-4-8-15)20(27-22)16-9-5-2-6-10-16/h1-13H,14H2. The number of hydrogen-bond acceptors (Lipinski definition) is 6. The molecule has 0 atom stereocenters. The Morgan fingerprint density at radius 1 is 0.966 bits per heavy atom. The van der Waals surface area contributed by atoms with Crippen LogP contribution in [0.15, 0.2) is 92.7 Å². The zero-order chi connectivity index (χ0) is 19.6. The summed E-state index contributed by atoms with van der Waals surface area (Å²) in [5.74, 6) is 1.24. The first-order chi connectivity index (χ1) is 14.3. The molecular weight excluding hydrogens is 402 g/mol.